The maximum Gasteiger partial charge on any atom is 0.315 e. The van der Waals surface area contributed by atoms with Crippen molar-refractivity contribution in [3.63, 3.8) is 0 Å². The Balaban J connectivity index is 1.98. The van der Waals surface area contributed by atoms with E-state index in [9.17, 15) is 9.90 Å². The molecule has 1 aliphatic rings. The fourth-order valence-corrected chi connectivity index (χ4v) is 2.92. The van der Waals surface area contributed by atoms with Crippen LogP contribution in [0.15, 0.2) is 30.3 Å². The van der Waals surface area contributed by atoms with Gasteiger partial charge < -0.3 is 20.6 Å². The maximum absolute atomic E-state index is 12.4. The van der Waals surface area contributed by atoms with Gasteiger partial charge in [0.15, 0.2) is 0 Å². The van der Waals surface area contributed by atoms with Crippen molar-refractivity contribution < 1.29 is 9.90 Å². The van der Waals surface area contributed by atoms with Crippen molar-refractivity contribution in [2.75, 3.05) is 46.4 Å². The molecule has 1 aliphatic heterocycles. The van der Waals surface area contributed by atoms with Crippen LogP contribution in [0.25, 0.3) is 0 Å². The Labute approximate surface area is 151 Å². The predicted molar refractivity (Wildman–Crippen MR) is 100 cm³/mol. The second-order valence-corrected chi connectivity index (χ2v) is 7.13. The summed E-state index contributed by atoms with van der Waals surface area (Å²) in [5.74, 6) is 0.0264. The first-order valence-electron chi connectivity index (χ1n) is 9.13. The number of piperazine rings is 1. The molecule has 0 spiro atoms. The summed E-state index contributed by atoms with van der Waals surface area (Å²) < 4.78 is 0. The molecule has 0 radical (unpaired) electrons. The molecule has 1 fully saturated rings. The molecular weight excluding hydrogens is 316 g/mol. The van der Waals surface area contributed by atoms with E-state index in [-0.39, 0.29) is 30.6 Å². The number of hydrogen-bond donors (Lipinski definition) is 3. The maximum atomic E-state index is 12.4. The average molecular weight is 348 g/mol. The van der Waals surface area contributed by atoms with Gasteiger partial charge in [0.25, 0.3) is 0 Å². The Morgan fingerprint density at radius 1 is 1.12 bits per heavy atom. The Morgan fingerprint density at radius 2 is 1.76 bits per heavy atom. The third kappa shape index (κ3) is 6.30. The van der Waals surface area contributed by atoms with Gasteiger partial charge in [-0.1, -0.05) is 37.3 Å². The zero-order valence-electron chi connectivity index (χ0n) is 15.6. The number of hydrogen-bond acceptors (Lipinski definition) is 4. The van der Waals surface area contributed by atoms with Gasteiger partial charge in [0, 0.05) is 45.4 Å². The molecule has 1 aromatic carbocycles. The molecule has 0 aromatic heterocycles. The third-order valence-corrected chi connectivity index (χ3v) is 5.04. The zero-order chi connectivity index (χ0) is 18.2. The molecule has 1 heterocycles. The predicted octanol–water partition coefficient (Wildman–Crippen LogP) is 1.29. The molecule has 1 aromatic rings. The summed E-state index contributed by atoms with van der Waals surface area (Å²) in [6.45, 7) is 8.84. The van der Waals surface area contributed by atoms with Gasteiger partial charge in [0.05, 0.1) is 6.04 Å². The molecule has 3 unspecified atom stereocenters. The highest BCUT2D eigenvalue weighted by Crippen LogP contribution is 2.15. The number of nitrogens with zero attached hydrogens (tertiary/aromatic N) is 2. The normalized spacial score (nSPS) is 19.8. The molecular formula is C19H32N4O2. The van der Waals surface area contributed by atoms with E-state index in [4.69, 9.17) is 0 Å². The molecule has 0 bridgehead atoms. The molecule has 25 heavy (non-hydrogen) atoms. The van der Waals surface area contributed by atoms with Gasteiger partial charge in [-0.25, -0.2) is 4.79 Å². The van der Waals surface area contributed by atoms with E-state index in [0.29, 0.717) is 0 Å². The van der Waals surface area contributed by atoms with Gasteiger partial charge >= 0.3 is 6.03 Å². The zero-order valence-corrected chi connectivity index (χ0v) is 15.6. The highest BCUT2D eigenvalue weighted by atomic mass is 16.3. The molecule has 3 atom stereocenters. The lowest BCUT2D eigenvalue weighted by molar-refractivity contribution is 0.142. The minimum atomic E-state index is -0.184. The second kappa shape index (κ2) is 9.75. The lowest BCUT2D eigenvalue weighted by Gasteiger charge is -2.35. The van der Waals surface area contributed by atoms with Crippen molar-refractivity contribution in [1.82, 2.24) is 20.4 Å². The molecule has 2 rings (SSSR count). The smallest absolute Gasteiger partial charge is 0.315 e. The Bertz CT molecular complexity index is 517. The monoisotopic (exact) mass is 348 g/mol. The Kier molecular flexibility index (Phi) is 7.68. The van der Waals surface area contributed by atoms with Crippen molar-refractivity contribution in [1.29, 1.82) is 0 Å². The van der Waals surface area contributed by atoms with Crippen molar-refractivity contribution in [3.05, 3.63) is 35.9 Å². The first-order chi connectivity index (χ1) is 12.0. The second-order valence-electron chi connectivity index (χ2n) is 7.13. The van der Waals surface area contributed by atoms with E-state index in [1.807, 2.05) is 32.0 Å². The van der Waals surface area contributed by atoms with Crippen LogP contribution < -0.4 is 10.6 Å². The van der Waals surface area contributed by atoms with Gasteiger partial charge in [-0.2, -0.15) is 0 Å². The van der Waals surface area contributed by atoms with E-state index in [1.54, 1.807) is 0 Å². The topological polar surface area (TPSA) is 67.8 Å². The molecule has 3 N–H and O–H groups in total. The van der Waals surface area contributed by atoms with E-state index in [2.05, 4.69) is 39.6 Å². The van der Waals surface area contributed by atoms with Crippen LogP contribution in [0.2, 0.25) is 0 Å². The Hall–Kier alpha value is -1.63. The van der Waals surface area contributed by atoms with Crippen molar-refractivity contribution in [2.24, 2.45) is 5.92 Å². The van der Waals surface area contributed by atoms with Crippen LogP contribution in [-0.4, -0.2) is 73.4 Å². The van der Waals surface area contributed by atoms with Gasteiger partial charge in [0.1, 0.15) is 0 Å². The number of carbonyl (C=O) groups excluding carboxylic acids is 1. The summed E-state index contributed by atoms with van der Waals surface area (Å²) in [5.41, 5.74) is 1.11. The van der Waals surface area contributed by atoms with Crippen LogP contribution in [0.4, 0.5) is 4.79 Å². The molecule has 0 aliphatic carbocycles. The third-order valence-electron chi connectivity index (χ3n) is 5.04. The van der Waals surface area contributed by atoms with Gasteiger partial charge in [-0.3, -0.25) is 4.90 Å². The van der Waals surface area contributed by atoms with Crippen molar-refractivity contribution >= 4 is 6.03 Å². The molecule has 1 saturated heterocycles. The number of amides is 2. The number of likely N-dealkylation sites (N-methyl/N-ethyl adjacent to an activating group) is 1. The molecule has 6 nitrogen and oxygen atoms in total. The summed E-state index contributed by atoms with van der Waals surface area (Å²) in [6, 6.07) is 9.79. The van der Waals surface area contributed by atoms with Crippen LogP contribution in [0.1, 0.15) is 25.5 Å². The quantitative estimate of drug-likeness (QED) is 0.695. The number of aliphatic hydroxyl groups excluding tert-OH is 1. The van der Waals surface area contributed by atoms with Crippen LogP contribution in [0.3, 0.4) is 0 Å². The summed E-state index contributed by atoms with van der Waals surface area (Å²) in [7, 11) is 2.14. The number of rotatable bonds is 7. The molecule has 140 valence electrons. The minimum absolute atomic E-state index is 0.0264. The molecule has 2 amide bonds. The summed E-state index contributed by atoms with van der Waals surface area (Å²) in [5, 5.41) is 15.3. The van der Waals surface area contributed by atoms with Gasteiger partial charge in [-0.05, 0) is 25.5 Å². The first kappa shape index (κ1) is 19.7. The first-order valence-corrected chi connectivity index (χ1v) is 9.13. The standard InChI is InChI=1S/C19H32N4O2/c1-15(14-24)16(2)20-19(25)21-18(17-7-5-4-6-8-17)13-23-11-9-22(3)10-12-23/h4-8,15-16,18,24H,9-14H2,1-3H3,(H2,20,21,25). The molecule has 0 saturated carbocycles. The number of carbonyl (C=O) groups is 1. The number of benzene rings is 1. The fourth-order valence-electron chi connectivity index (χ4n) is 2.92. The number of urea groups is 1. The van der Waals surface area contributed by atoms with Crippen LogP contribution in [0.5, 0.6) is 0 Å². The van der Waals surface area contributed by atoms with E-state index in [0.717, 1.165) is 38.3 Å². The largest absolute Gasteiger partial charge is 0.396 e. The average Bonchev–Trinajstić information content (AvgIpc) is 2.62. The van der Waals surface area contributed by atoms with E-state index >= 15 is 0 Å². The van der Waals surface area contributed by atoms with Crippen molar-refractivity contribution in [3.8, 4) is 0 Å². The summed E-state index contributed by atoms with van der Waals surface area (Å²) >= 11 is 0. The van der Waals surface area contributed by atoms with E-state index in [1.165, 1.54) is 0 Å². The van der Waals surface area contributed by atoms with Gasteiger partial charge in [-0.15, -0.1) is 0 Å². The molecule has 6 heteroatoms. The summed E-state index contributed by atoms with van der Waals surface area (Å²) in [6.07, 6.45) is 0. The van der Waals surface area contributed by atoms with Crippen LogP contribution in [-0.2, 0) is 0 Å². The van der Waals surface area contributed by atoms with Crippen LogP contribution in [0, 0.1) is 5.92 Å². The lowest BCUT2D eigenvalue weighted by Crippen LogP contribution is -2.50. The highest BCUT2D eigenvalue weighted by Gasteiger charge is 2.22. The van der Waals surface area contributed by atoms with Crippen LogP contribution >= 0.6 is 0 Å². The Morgan fingerprint density at radius 3 is 2.36 bits per heavy atom. The summed E-state index contributed by atoms with van der Waals surface area (Å²) in [4.78, 5) is 17.1. The fraction of sp³-hybridized carbons (Fsp3) is 0.632. The minimum Gasteiger partial charge on any atom is -0.396 e. The number of aliphatic hydroxyl groups is 1. The van der Waals surface area contributed by atoms with E-state index < -0.39 is 0 Å². The van der Waals surface area contributed by atoms with Crippen molar-refractivity contribution in [2.45, 2.75) is 25.9 Å². The lowest BCUT2D eigenvalue weighted by atomic mass is 10.0. The highest BCUT2D eigenvalue weighted by molar-refractivity contribution is 5.74. The number of nitrogens with one attached hydrogen (secondary N) is 2. The van der Waals surface area contributed by atoms with Gasteiger partial charge in [0.2, 0.25) is 0 Å². The SMILES string of the molecule is CC(CO)C(C)NC(=O)NC(CN1CCN(C)CC1)c1ccccc1.